The molecular weight excluding hydrogens is 210 g/mol. The van der Waals surface area contributed by atoms with Crippen LogP contribution < -0.4 is 0 Å². The second kappa shape index (κ2) is 3.33. The molecule has 2 aromatic heterocycles. The van der Waals surface area contributed by atoms with Gasteiger partial charge in [0.2, 0.25) is 5.69 Å². The normalized spacial score (nSPS) is 10.9. The van der Waals surface area contributed by atoms with Crippen LogP contribution in [0.15, 0.2) is 30.5 Å². The van der Waals surface area contributed by atoms with Crippen LogP contribution in [0.3, 0.4) is 0 Å². The van der Waals surface area contributed by atoms with Crippen LogP contribution >= 0.6 is 0 Å². The highest BCUT2D eigenvalue weighted by Crippen LogP contribution is 2.33. The van der Waals surface area contributed by atoms with E-state index in [2.05, 4.69) is 14.2 Å². The van der Waals surface area contributed by atoms with Gasteiger partial charge in [-0.25, -0.2) is 9.83 Å². The molecule has 0 spiro atoms. The maximum Gasteiger partial charge on any atom is 0.214 e. The average molecular weight is 221 g/mol. The maximum atomic E-state index is 7.36. The summed E-state index contributed by atoms with van der Waals surface area (Å²) in [6, 6.07) is 7.95. The first-order valence-corrected chi connectivity index (χ1v) is 5.47. The first kappa shape index (κ1) is 9.86. The number of benzene rings is 1. The summed E-state index contributed by atoms with van der Waals surface area (Å²) in [4.78, 5) is 8.11. The molecule has 2 heterocycles. The van der Waals surface area contributed by atoms with Crippen molar-refractivity contribution in [1.82, 2.24) is 9.38 Å². The Balaban J connectivity index is 2.71. The van der Waals surface area contributed by atoms with Crippen LogP contribution in [0.5, 0.6) is 0 Å². The molecule has 3 heteroatoms. The van der Waals surface area contributed by atoms with Crippen molar-refractivity contribution in [2.45, 2.75) is 13.8 Å². The van der Waals surface area contributed by atoms with Crippen molar-refractivity contribution in [3.63, 3.8) is 0 Å². The Morgan fingerprint density at radius 3 is 2.59 bits per heavy atom. The smallest absolute Gasteiger partial charge is 0.214 e. The number of rotatable bonds is 0. The van der Waals surface area contributed by atoms with Gasteiger partial charge in [-0.3, -0.25) is 0 Å². The van der Waals surface area contributed by atoms with Crippen LogP contribution in [-0.2, 0) is 0 Å². The topological polar surface area (TPSA) is 21.7 Å². The Labute approximate surface area is 99.1 Å². The van der Waals surface area contributed by atoms with E-state index < -0.39 is 0 Å². The predicted molar refractivity (Wildman–Crippen MR) is 68.4 cm³/mol. The van der Waals surface area contributed by atoms with E-state index in [1.807, 2.05) is 44.3 Å². The van der Waals surface area contributed by atoms with Crippen molar-refractivity contribution >= 4 is 22.1 Å². The van der Waals surface area contributed by atoms with Gasteiger partial charge in [-0.15, -0.1) is 0 Å². The summed E-state index contributed by atoms with van der Waals surface area (Å²) >= 11 is 0. The van der Waals surface area contributed by atoms with Crippen LogP contribution in [0.25, 0.3) is 21.3 Å². The molecule has 0 bridgehead atoms. The monoisotopic (exact) mass is 221 g/mol. The molecule has 0 unspecified atom stereocenters. The lowest BCUT2D eigenvalue weighted by atomic mass is 10.1. The highest BCUT2D eigenvalue weighted by molar-refractivity contribution is 6.03. The van der Waals surface area contributed by atoms with Gasteiger partial charge < -0.3 is 4.40 Å². The molecule has 0 aliphatic carbocycles. The zero-order chi connectivity index (χ0) is 12.0. The molecule has 0 radical (unpaired) electrons. The largest absolute Gasteiger partial charge is 0.311 e. The van der Waals surface area contributed by atoms with E-state index in [-0.39, 0.29) is 0 Å². The van der Waals surface area contributed by atoms with Crippen LogP contribution in [0.1, 0.15) is 11.4 Å². The number of aromatic nitrogens is 2. The molecule has 82 valence electrons. The third-order valence-corrected chi connectivity index (χ3v) is 3.15. The van der Waals surface area contributed by atoms with E-state index in [1.165, 1.54) is 0 Å². The number of fused-ring (bicyclic) bond motifs is 3. The van der Waals surface area contributed by atoms with Crippen LogP contribution in [-0.4, -0.2) is 9.38 Å². The summed E-state index contributed by atoms with van der Waals surface area (Å²) in [5, 5.41) is 2.02. The van der Waals surface area contributed by atoms with E-state index in [0.717, 1.165) is 27.8 Å². The zero-order valence-corrected chi connectivity index (χ0v) is 9.73. The van der Waals surface area contributed by atoms with Crippen molar-refractivity contribution in [1.29, 1.82) is 0 Å². The molecule has 0 aliphatic rings. The molecule has 0 amide bonds. The lowest BCUT2D eigenvalue weighted by molar-refractivity contribution is 1.06. The molecule has 17 heavy (non-hydrogen) atoms. The number of hydrogen-bond donors (Lipinski definition) is 0. The Morgan fingerprint density at radius 2 is 1.88 bits per heavy atom. The predicted octanol–water partition coefficient (Wildman–Crippen LogP) is 3.66. The van der Waals surface area contributed by atoms with Gasteiger partial charge in [0.15, 0.2) is 0 Å². The average Bonchev–Trinajstić information content (AvgIpc) is 2.73. The quantitative estimate of drug-likeness (QED) is 0.531. The van der Waals surface area contributed by atoms with Crippen LogP contribution in [0.2, 0.25) is 0 Å². The molecule has 0 saturated heterocycles. The van der Waals surface area contributed by atoms with Gasteiger partial charge in [0, 0.05) is 23.0 Å². The highest BCUT2D eigenvalue weighted by Gasteiger charge is 2.13. The standard InChI is InChI=1S/C14H11N3/c1-9-8-16-14-12-7-5-4-6-11(12)13(15-3)10(2)17(9)14/h4-8H,1-2H3. The first-order valence-electron chi connectivity index (χ1n) is 5.47. The minimum absolute atomic E-state index is 0.717. The summed E-state index contributed by atoms with van der Waals surface area (Å²) in [6.07, 6.45) is 1.85. The fourth-order valence-electron chi connectivity index (χ4n) is 2.38. The van der Waals surface area contributed by atoms with E-state index in [4.69, 9.17) is 6.57 Å². The minimum Gasteiger partial charge on any atom is -0.311 e. The van der Waals surface area contributed by atoms with Gasteiger partial charge in [0.05, 0.1) is 6.57 Å². The lowest BCUT2D eigenvalue weighted by Crippen LogP contribution is -1.95. The molecule has 0 fully saturated rings. The van der Waals surface area contributed by atoms with Gasteiger partial charge >= 0.3 is 0 Å². The third kappa shape index (κ3) is 1.18. The highest BCUT2D eigenvalue weighted by atomic mass is 15.0. The minimum atomic E-state index is 0.717. The molecule has 3 rings (SSSR count). The summed E-state index contributed by atoms with van der Waals surface area (Å²) < 4.78 is 2.05. The number of hydrogen-bond acceptors (Lipinski definition) is 1. The first-order chi connectivity index (χ1) is 8.24. The number of nitrogens with zero attached hydrogens (tertiary/aromatic N) is 3. The second-order valence-electron chi connectivity index (χ2n) is 4.15. The van der Waals surface area contributed by atoms with Crippen LogP contribution in [0, 0.1) is 20.4 Å². The zero-order valence-electron chi connectivity index (χ0n) is 9.73. The van der Waals surface area contributed by atoms with Gasteiger partial charge in [-0.1, -0.05) is 24.3 Å². The van der Waals surface area contributed by atoms with Gasteiger partial charge in [0.25, 0.3) is 0 Å². The van der Waals surface area contributed by atoms with Crippen molar-refractivity contribution < 1.29 is 0 Å². The van der Waals surface area contributed by atoms with E-state index in [0.29, 0.717) is 5.69 Å². The Morgan fingerprint density at radius 1 is 1.18 bits per heavy atom. The summed E-state index contributed by atoms with van der Waals surface area (Å²) in [6.45, 7) is 11.3. The molecule has 0 atom stereocenters. The SMILES string of the molecule is [C-]#[N+]c1c(C)n2c(C)cnc2c2ccccc12. The van der Waals surface area contributed by atoms with E-state index in [9.17, 15) is 0 Å². The Kier molecular flexibility index (Phi) is 1.93. The Bertz CT molecular complexity index is 775. The molecule has 0 saturated carbocycles. The number of pyridine rings is 1. The third-order valence-electron chi connectivity index (χ3n) is 3.15. The van der Waals surface area contributed by atoms with Crippen molar-refractivity contribution in [2.24, 2.45) is 0 Å². The molecule has 0 aliphatic heterocycles. The van der Waals surface area contributed by atoms with Crippen molar-refractivity contribution in [2.75, 3.05) is 0 Å². The fourth-order valence-corrected chi connectivity index (χ4v) is 2.38. The Hall–Kier alpha value is -2.34. The molecule has 1 aromatic carbocycles. The summed E-state index contributed by atoms with van der Waals surface area (Å²) in [7, 11) is 0. The summed E-state index contributed by atoms with van der Waals surface area (Å²) in [5.41, 5.74) is 3.68. The molecule has 3 nitrogen and oxygen atoms in total. The number of imidazole rings is 1. The second-order valence-corrected chi connectivity index (χ2v) is 4.15. The van der Waals surface area contributed by atoms with Gasteiger partial charge in [-0.2, -0.15) is 0 Å². The summed E-state index contributed by atoms with van der Waals surface area (Å²) in [5.74, 6) is 0. The van der Waals surface area contributed by atoms with E-state index >= 15 is 0 Å². The molecule has 3 aromatic rings. The molecule has 0 N–H and O–H groups in total. The van der Waals surface area contributed by atoms with Crippen LogP contribution in [0.4, 0.5) is 5.69 Å². The van der Waals surface area contributed by atoms with Gasteiger partial charge in [-0.05, 0) is 19.2 Å². The number of aryl methyl sites for hydroxylation is 2. The fraction of sp³-hybridized carbons (Fsp3) is 0.143. The van der Waals surface area contributed by atoms with Gasteiger partial charge in [0.1, 0.15) is 5.65 Å². The lowest BCUT2D eigenvalue weighted by Gasteiger charge is -2.09. The van der Waals surface area contributed by atoms with E-state index in [1.54, 1.807) is 0 Å². The molecular formula is C14H11N3. The van der Waals surface area contributed by atoms with Crippen molar-refractivity contribution in [3.8, 4) is 0 Å². The van der Waals surface area contributed by atoms with Crippen molar-refractivity contribution in [3.05, 3.63) is 53.3 Å². The maximum absolute atomic E-state index is 7.36.